The monoisotopic (exact) mass is 432 g/mol. The lowest BCUT2D eigenvalue weighted by molar-refractivity contribution is -0.288. The lowest BCUT2D eigenvalue weighted by Gasteiger charge is -2.38. The van der Waals surface area contributed by atoms with Gasteiger partial charge in [0.2, 0.25) is 5.41 Å². The molecule has 0 saturated heterocycles. The van der Waals surface area contributed by atoms with E-state index in [-0.39, 0.29) is 11.4 Å². The molecule has 0 radical (unpaired) electrons. The quantitative estimate of drug-likeness (QED) is 0.326. The molecule has 156 valence electrons. The number of anilines is 2. The van der Waals surface area contributed by atoms with Crippen molar-refractivity contribution >= 4 is 21.8 Å². The van der Waals surface area contributed by atoms with Crippen LogP contribution in [0, 0.1) is 0 Å². The summed E-state index contributed by atoms with van der Waals surface area (Å²) in [4.78, 5) is 0. The Hall–Kier alpha value is -2.51. The third kappa shape index (κ3) is 5.27. The molecule has 0 atom stereocenters. The van der Waals surface area contributed by atoms with Crippen LogP contribution in [0.2, 0.25) is 0 Å². The van der Waals surface area contributed by atoms with Gasteiger partial charge in [0, 0.05) is 11.4 Å². The Labute approximate surface area is 155 Å². The molecule has 0 aliphatic heterocycles. The Bertz CT molecular complexity index is 859. The van der Waals surface area contributed by atoms with E-state index in [0.717, 1.165) is 24.3 Å². The van der Waals surface area contributed by atoms with E-state index in [1.807, 2.05) is 0 Å². The van der Waals surface area contributed by atoms with Crippen LogP contribution in [0.1, 0.15) is 11.1 Å². The molecule has 0 aliphatic carbocycles. The number of nitrogen functional groups attached to an aromatic ring is 2. The highest BCUT2D eigenvalue weighted by molar-refractivity contribution is 7.79. The van der Waals surface area contributed by atoms with Crippen LogP contribution in [-0.4, -0.2) is 29.9 Å². The van der Waals surface area contributed by atoms with Crippen molar-refractivity contribution in [2.75, 3.05) is 11.5 Å². The third-order valence-corrected chi connectivity index (χ3v) is 3.49. The predicted molar refractivity (Wildman–Crippen MR) is 88.8 cm³/mol. The molecular formula is C15H14F6N2O4S. The highest BCUT2D eigenvalue weighted by atomic mass is 32.3. The van der Waals surface area contributed by atoms with Crippen molar-refractivity contribution in [3.05, 3.63) is 59.7 Å². The number of rotatable bonds is 2. The normalized spacial score (nSPS) is 12.9. The largest absolute Gasteiger partial charge is 0.411 e. The first-order chi connectivity index (χ1) is 12.5. The van der Waals surface area contributed by atoms with E-state index < -0.39 is 39.3 Å². The number of nitrogens with two attached hydrogens (primary N) is 2. The summed E-state index contributed by atoms with van der Waals surface area (Å²) in [6, 6.07) is 7.35. The molecule has 13 heteroatoms. The maximum atomic E-state index is 13.7. The minimum Gasteiger partial charge on any atom is -0.399 e. The second kappa shape index (κ2) is 7.85. The topological polar surface area (TPSA) is 127 Å². The van der Waals surface area contributed by atoms with Crippen LogP contribution in [0.25, 0.3) is 0 Å². The van der Waals surface area contributed by atoms with Crippen LogP contribution in [0.15, 0.2) is 48.5 Å². The molecule has 2 aromatic carbocycles. The van der Waals surface area contributed by atoms with Crippen molar-refractivity contribution < 1.29 is 43.9 Å². The van der Waals surface area contributed by atoms with Crippen LogP contribution in [0.3, 0.4) is 0 Å². The summed E-state index contributed by atoms with van der Waals surface area (Å²) in [7, 11) is -4.67. The maximum Gasteiger partial charge on any atom is 0.411 e. The lowest BCUT2D eigenvalue weighted by atomic mass is 9.72. The molecule has 6 N–H and O–H groups in total. The van der Waals surface area contributed by atoms with Crippen molar-refractivity contribution in [3.63, 3.8) is 0 Å². The Morgan fingerprint density at radius 3 is 1.21 bits per heavy atom. The van der Waals surface area contributed by atoms with Gasteiger partial charge < -0.3 is 11.5 Å². The smallest absolute Gasteiger partial charge is 0.399 e. The van der Waals surface area contributed by atoms with Crippen molar-refractivity contribution in [2.45, 2.75) is 17.8 Å². The summed E-state index contributed by atoms with van der Waals surface area (Å²) < 4.78 is 114. The lowest BCUT2D eigenvalue weighted by Crippen LogP contribution is -2.54. The van der Waals surface area contributed by atoms with Crippen molar-refractivity contribution in [2.24, 2.45) is 0 Å². The molecule has 2 aromatic rings. The molecule has 0 amide bonds. The Morgan fingerprint density at radius 1 is 0.714 bits per heavy atom. The molecule has 0 saturated carbocycles. The molecule has 0 aliphatic rings. The van der Waals surface area contributed by atoms with Gasteiger partial charge >= 0.3 is 22.8 Å². The highest BCUT2D eigenvalue weighted by Crippen LogP contribution is 2.56. The van der Waals surface area contributed by atoms with Gasteiger partial charge in [-0.25, -0.2) is 0 Å². The van der Waals surface area contributed by atoms with Crippen LogP contribution in [0.4, 0.5) is 37.7 Å². The zero-order valence-electron chi connectivity index (χ0n) is 13.7. The summed E-state index contributed by atoms with van der Waals surface area (Å²) in [5.74, 6) is 0. The van der Waals surface area contributed by atoms with E-state index in [9.17, 15) is 26.3 Å². The summed E-state index contributed by atoms with van der Waals surface area (Å²) in [6.45, 7) is 0. The second-order valence-corrected chi connectivity index (χ2v) is 6.34. The van der Waals surface area contributed by atoms with Gasteiger partial charge in [0.1, 0.15) is 0 Å². The summed E-state index contributed by atoms with van der Waals surface area (Å²) in [5.41, 5.74) is 4.13. The maximum absolute atomic E-state index is 13.7. The van der Waals surface area contributed by atoms with Gasteiger partial charge in [-0.15, -0.1) is 0 Å². The molecule has 0 aromatic heterocycles. The van der Waals surface area contributed by atoms with Gasteiger partial charge in [-0.3, -0.25) is 9.11 Å². The average molecular weight is 432 g/mol. The third-order valence-electron chi connectivity index (χ3n) is 3.49. The molecule has 0 unspecified atom stereocenters. The highest BCUT2D eigenvalue weighted by Gasteiger charge is 2.72. The molecule has 0 heterocycles. The van der Waals surface area contributed by atoms with Crippen LogP contribution in [0.5, 0.6) is 0 Å². The Morgan fingerprint density at radius 2 is 1.00 bits per heavy atom. The van der Waals surface area contributed by atoms with Gasteiger partial charge in [-0.2, -0.15) is 34.8 Å². The molecule has 2 rings (SSSR count). The summed E-state index contributed by atoms with van der Waals surface area (Å²) in [6.07, 6.45) is -11.3. The van der Waals surface area contributed by atoms with Gasteiger partial charge in [-0.05, 0) is 35.4 Å². The molecule has 0 bridgehead atoms. The fourth-order valence-electron chi connectivity index (χ4n) is 2.53. The Balaban J connectivity index is 0.000000696. The molecule has 6 nitrogen and oxygen atoms in total. The number of halogens is 6. The first-order valence-corrected chi connectivity index (χ1v) is 8.45. The van der Waals surface area contributed by atoms with Crippen molar-refractivity contribution in [1.82, 2.24) is 0 Å². The zero-order chi connectivity index (χ0) is 22.0. The summed E-state index contributed by atoms with van der Waals surface area (Å²) >= 11 is 0. The van der Waals surface area contributed by atoms with Gasteiger partial charge in [-0.1, -0.05) is 24.3 Å². The molecule has 28 heavy (non-hydrogen) atoms. The van der Waals surface area contributed by atoms with Crippen molar-refractivity contribution in [1.29, 1.82) is 0 Å². The molecule has 0 spiro atoms. The zero-order valence-corrected chi connectivity index (χ0v) is 14.5. The van der Waals surface area contributed by atoms with Crippen LogP contribution < -0.4 is 11.5 Å². The Kier molecular flexibility index (Phi) is 6.60. The fraction of sp³-hybridized carbons (Fsp3) is 0.200. The van der Waals surface area contributed by atoms with Crippen LogP contribution >= 0.6 is 0 Å². The minimum atomic E-state index is -5.65. The van der Waals surface area contributed by atoms with E-state index in [4.69, 9.17) is 29.0 Å². The molecule has 0 fully saturated rings. The summed E-state index contributed by atoms with van der Waals surface area (Å²) in [5, 5.41) is 0. The fourth-order valence-corrected chi connectivity index (χ4v) is 2.53. The van der Waals surface area contributed by atoms with Gasteiger partial charge in [0.05, 0.1) is 0 Å². The predicted octanol–water partition coefficient (Wildman–Crippen LogP) is 3.61. The number of alkyl halides is 6. The minimum absolute atomic E-state index is 0.204. The molecular weight excluding hydrogens is 418 g/mol. The first-order valence-electron chi connectivity index (χ1n) is 7.05. The van der Waals surface area contributed by atoms with Crippen molar-refractivity contribution in [3.8, 4) is 0 Å². The average Bonchev–Trinajstić information content (AvgIpc) is 2.43. The standard InChI is InChI=1S/C15H12F6N2.H2O4S/c16-14(17,18)13(15(19,20)21,9-3-1-5-11(22)7-9)10-4-2-6-12(23)8-10;1-5(2,3)4/h1-8H,22-23H2;(H2,1,2,3,4). The van der Waals surface area contributed by atoms with Crippen LogP contribution in [-0.2, 0) is 15.8 Å². The van der Waals surface area contributed by atoms with E-state index in [1.165, 1.54) is 12.1 Å². The van der Waals surface area contributed by atoms with E-state index >= 15 is 0 Å². The second-order valence-electron chi connectivity index (χ2n) is 5.44. The van der Waals surface area contributed by atoms with E-state index in [2.05, 4.69) is 0 Å². The SMILES string of the molecule is Nc1cccc(C(c2cccc(N)c2)(C(F)(F)F)C(F)(F)F)c1.O=S(=O)(O)O. The van der Waals surface area contributed by atoms with E-state index in [0.29, 0.717) is 12.1 Å². The number of hydrogen-bond acceptors (Lipinski definition) is 4. The van der Waals surface area contributed by atoms with E-state index in [1.54, 1.807) is 0 Å². The van der Waals surface area contributed by atoms with Gasteiger partial charge in [0.25, 0.3) is 0 Å². The first kappa shape index (κ1) is 23.5. The number of benzene rings is 2. The van der Waals surface area contributed by atoms with Gasteiger partial charge in [0.15, 0.2) is 0 Å². The number of hydrogen-bond donors (Lipinski definition) is 4.